The third-order valence-corrected chi connectivity index (χ3v) is 7.00. The standard InChI is InChI=1S/C19H27N3O5S.C2H4O2/c1-13-8-15(18(26-5)17(9-13)25-4)19-20-6-7-22(19)16-11-27-10-14(16)12-28(23,24)21(2)3;1-2(3)4/h6-9,14,16H,10-12H2,1-5H3;1H3,(H,3,4)/t14-,16+;/m0./s1. The largest absolute Gasteiger partial charge is 0.493 e. The van der Waals surface area contributed by atoms with Crippen LogP contribution in [0.5, 0.6) is 11.5 Å². The van der Waals surface area contributed by atoms with Crippen molar-refractivity contribution in [3.63, 3.8) is 0 Å². The Balaban J connectivity index is 0.000000837. The van der Waals surface area contributed by atoms with Crippen LogP contribution in [-0.2, 0) is 19.6 Å². The normalized spacial score (nSPS) is 18.2. The van der Waals surface area contributed by atoms with Gasteiger partial charge in [-0.2, -0.15) is 0 Å². The van der Waals surface area contributed by atoms with Crippen LogP contribution in [0.3, 0.4) is 0 Å². The number of rotatable bonds is 7. The number of carboxylic acids is 1. The fourth-order valence-corrected chi connectivity index (χ4v) is 4.69. The lowest BCUT2D eigenvalue weighted by atomic mass is 10.0. The topological polar surface area (TPSA) is 120 Å². The zero-order chi connectivity index (χ0) is 24.1. The van der Waals surface area contributed by atoms with Crippen molar-refractivity contribution >= 4 is 16.0 Å². The number of carboxylic acid groups (broad SMARTS) is 1. The number of hydrogen-bond acceptors (Lipinski definition) is 7. The molecule has 1 N–H and O–H groups in total. The lowest BCUT2D eigenvalue weighted by Crippen LogP contribution is -2.32. The van der Waals surface area contributed by atoms with Gasteiger partial charge in [0.2, 0.25) is 10.0 Å². The van der Waals surface area contributed by atoms with Crippen LogP contribution in [0.2, 0.25) is 0 Å². The van der Waals surface area contributed by atoms with Crippen molar-refractivity contribution in [2.75, 3.05) is 47.3 Å². The molecule has 1 aliphatic rings. The maximum absolute atomic E-state index is 12.4. The van der Waals surface area contributed by atoms with Gasteiger partial charge < -0.3 is 23.9 Å². The van der Waals surface area contributed by atoms with Gasteiger partial charge in [-0.15, -0.1) is 0 Å². The second-order valence-corrected chi connectivity index (χ2v) is 9.88. The Bertz CT molecular complexity index is 1030. The Hall–Kier alpha value is -2.63. The zero-order valence-corrected chi connectivity index (χ0v) is 20.0. The molecule has 2 atom stereocenters. The first kappa shape index (κ1) is 25.6. The van der Waals surface area contributed by atoms with Crippen LogP contribution >= 0.6 is 0 Å². The predicted octanol–water partition coefficient (Wildman–Crippen LogP) is 2.05. The van der Waals surface area contributed by atoms with E-state index in [0.717, 1.165) is 18.1 Å². The fourth-order valence-electron chi connectivity index (χ4n) is 3.53. The van der Waals surface area contributed by atoms with Crippen LogP contribution in [0.1, 0.15) is 18.5 Å². The van der Waals surface area contributed by atoms with Gasteiger partial charge in [-0.1, -0.05) is 0 Å². The van der Waals surface area contributed by atoms with E-state index in [-0.39, 0.29) is 17.7 Å². The number of aliphatic carboxylic acids is 1. The Morgan fingerprint density at radius 2 is 1.94 bits per heavy atom. The number of nitrogens with zero attached hydrogens (tertiary/aromatic N) is 3. The molecule has 0 aliphatic carbocycles. The predicted molar refractivity (Wildman–Crippen MR) is 120 cm³/mol. The van der Waals surface area contributed by atoms with Gasteiger partial charge in [0.15, 0.2) is 11.5 Å². The summed E-state index contributed by atoms with van der Waals surface area (Å²) in [6, 6.07) is 3.76. The van der Waals surface area contributed by atoms with Crippen molar-refractivity contribution in [1.82, 2.24) is 13.9 Å². The number of methoxy groups -OCH3 is 2. The Morgan fingerprint density at radius 1 is 1.28 bits per heavy atom. The Labute approximate surface area is 188 Å². The average molecular weight is 470 g/mol. The highest BCUT2D eigenvalue weighted by atomic mass is 32.2. The van der Waals surface area contributed by atoms with Gasteiger partial charge in [-0.05, 0) is 24.6 Å². The molecule has 0 spiro atoms. The van der Waals surface area contributed by atoms with E-state index in [1.54, 1.807) is 34.5 Å². The average Bonchev–Trinajstić information content (AvgIpc) is 3.35. The summed E-state index contributed by atoms with van der Waals surface area (Å²) in [4.78, 5) is 13.5. The third kappa shape index (κ3) is 5.99. The van der Waals surface area contributed by atoms with Crippen LogP contribution in [0.15, 0.2) is 24.5 Å². The van der Waals surface area contributed by atoms with Crippen molar-refractivity contribution in [1.29, 1.82) is 0 Å². The summed E-state index contributed by atoms with van der Waals surface area (Å²) in [6.45, 7) is 3.88. The smallest absolute Gasteiger partial charge is 0.300 e. The van der Waals surface area contributed by atoms with Crippen molar-refractivity contribution in [2.24, 2.45) is 5.92 Å². The van der Waals surface area contributed by atoms with E-state index in [9.17, 15) is 8.42 Å². The van der Waals surface area contributed by atoms with Crippen molar-refractivity contribution in [3.05, 3.63) is 30.1 Å². The third-order valence-electron chi connectivity index (χ3n) is 5.04. The molecule has 11 heteroatoms. The lowest BCUT2D eigenvalue weighted by molar-refractivity contribution is -0.134. The summed E-state index contributed by atoms with van der Waals surface area (Å²) in [5.74, 6) is 0.939. The maximum Gasteiger partial charge on any atom is 0.300 e. The number of sulfonamides is 1. The highest BCUT2D eigenvalue weighted by Gasteiger charge is 2.35. The highest BCUT2D eigenvalue weighted by molar-refractivity contribution is 7.89. The lowest BCUT2D eigenvalue weighted by Gasteiger charge is -2.23. The van der Waals surface area contributed by atoms with E-state index in [2.05, 4.69) is 4.98 Å². The first-order chi connectivity index (χ1) is 15.0. The number of benzene rings is 1. The molecule has 0 radical (unpaired) electrons. The van der Waals surface area contributed by atoms with Gasteiger partial charge in [-0.3, -0.25) is 4.79 Å². The Kier molecular flexibility index (Phi) is 8.65. The van der Waals surface area contributed by atoms with Gasteiger partial charge >= 0.3 is 0 Å². The fraction of sp³-hybridized carbons (Fsp3) is 0.524. The van der Waals surface area contributed by atoms with E-state index in [4.69, 9.17) is 24.1 Å². The number of carbonyl (C=O) groups is 1. The monoisotopic (exact) mass is 469 g/mol. The zero-order valence-electron chi connectivity index (χ0n) is 19.2. The van der Waals surface area contributed by atoms with Crippen molar-refractivity contribution < 1.29 is 32.5 Å². The minimum Gasteiger partial charge on any atom is -0.493 e. The first-order valence-corrected chi connectivity index (χ1v) is 11.6. The summed E-state index contributed by atoms with van der Waals surface area (Å²) in [5.41, 5.74) is 1.81. The highest BCUT2D eigenvalue weighted by Crippen LogP contribution is 2.40. The Morgan fingerprint density at radius 3 is 2.50 bits per heavy atom. The molecule has 3 rings (SSSR count). The number of ether oxygens (including phenoxy) is 3. The van der Waals surface area contributed by atoms with Crippen LogP contribution in [0.25, 0.3) is 11.4 Å². The van der Waals surface area contributed by atoms with Gasteiger partial charge in [0.25, 0.3) is 5.97 Å². The molecule has 0 unspecified atom stereocenters. The van der Waals surface area contributed by atoms with E-state index >= 15 is 0 Å². The van der Waals surface area contributed by atoms with Crippen molar-refractivity contribution in [3.8, 4) is 22.9 Å². The second kappa shape index (κ2) is 10.8. The minimum atomic E-state index is -3.34. The molecule has 10 nitrogen and oxygen atoms in total. The molecule has 1 aromatic carbocycles. The SMILES string of the molecule is CC(=O)O.COc1cc(C)cc(-c2nccn2[C@@H]2COC[C@H]2CS(=O)(=O)N(C)C)c1OC. The molecular formula is C21H31N3O7S. The number of aromatic nitrogens is 2. The molecular weight excluding hydrogens is 438 g/mol. The van der Waals surface area contributed by atoms with E-state index < -0.39 is 16.0 Å². The quantitative estimate of drug-likeness (QED) is 0.654. The molecule has 0 saturated carbocycles. The van der Waals surface area contributed by atoms with Crippen molar-refractivity contribution in [2.45, 2.75) is 19.9 Å². The second-order valence-electron chi connectivity index (χ2n) is 7.65. The maximum atomic E-state index is 12.4. The molecule has 2 heterocycles. The summed E-state index contributed by atoms with van der Waals surface area (Å²) in [6.07, 6.45) is 3.57. The summed E-state index contributed by atoms with van der Waals surface area (Å²) in [7, 11) is 2.95. The van der Waals surface area contributed by atoms with E-state index in [1.807, 2.05) is 29.8 Å². The van der Waals surface area contributed by atoms with Crippen LogP contribution in [0.4, 0.5) is 0 Å². The van der Waals surface area contributed by atoms with Gasteiger partial charge in [-0.25, -0.2) is 17.7 Å². The summed E-state index contributed by atoms with van der Waals surface area (Å²) < 4.78 is 44.7. The summed E-state index contributed by atoms with van der Waals surface area (Å²) in [5, 5.41) is 7.42. The molecule has 178 valence electrons. The van der Waals surface area contributed by atoms with Gasteiger partial charge in [0, 0.05) is 39.3 Å². The van der Waals surface area contributed by atoms with E-state index in [1.165, 1.54) is 4.31 Å². The summed E-state index contributed by atoms with van der Waals surface area (Å²) >= 11 is 0. The molecule has 1 saturated heterocycles. The molecule has 32 heavy (non-hydrogen) atoms. The van der Waals surface area contributed by atoms with Gasteiger partial charge in [0.05, 0.1) is 44.8 Å². The molecule has 0 bridgehead atoms. The number of hydrogen-bond donors (Lipinski definition) is 1. The first-order valence-electron chi connectivity index (χ1n) is 9.95. The van der Waals surface area contributed by atoms with Gasteiger partial charge in [0.1, 0.15) is 5.82 Å². The van der Waals surface area contributed by atoms with E-state index in [0.29, 0.717) is 30.5 Å². The molecule has 2 aromatic rings. The number of aryl methyl sites for hydroxylation is 1. The minimum absolute atomic E-state index is 0.0244. The molecule has 1 aliphatic heterocycles. The molecule has 0 amide bonds. The molecule has 1 aromatic heterocycles. The van der Waals surface area contributed by atoms with Crippen LogP contribution in [-0.4, -0.2) is 80.6 Å². The number of imidazole rings is 1. The van der Waals surface area contributed by atoms with Crippen LogP contribution < -0.4 is 9.47 Å². The van der Waals surface area contributed by atoms with Crippen LogP contribution in [0, 0.1) is 12.8 Å². The molecule has 1 fully saturated rings.